The van der Waals surface area contributed by atoms with Crippen LogP contribution in [-0.2, 0) is 64.6 Å². The Morgan fingerprint density at radius 2 is 1.00 bits per heavy atom. The van der Waals surface area contributed by atoms with Crippen molar-refractivity contribution in [2.45, 2.75) is 55.5 Å². The van der Waals surface area contributed by atoms with Crippen molar-refractivity contribution >= 4 is 21.8 Å². The van der Waals surface area contributed by atoms with E-state index in [9.17, 15) is 8.42 Å². The third kappa shape index (κ3) is 13.9. The van der Waals surface area contributed by atoms with Crippen molar-refractivity contribution in [3.63, 3.8) is 0 Å². The van der Waals surface area contributed by atoms with Crippen molar-refractivity contribution < 1.29 is 27.4 Å². The van der Waals surface area contributed by atoms with Crippen LogP contribution in [0.5, 0.6) is 11.5 Å². The van der Waals surface area contributed by atoms with E-state index in [-0.39, 0.29) is 18.2 Å². The standard InChI is InChI=1S/C27H30N4O5S.C18H19N3OS/c1-34-25-12-8-22(9-13-25)18-31(19-23-10-14-26(35-2)15-11-23)37(32,33)27-28-21-30(29-27)16-17-36-20-24-6-4-3-5-7-24;1-3-7-16(8-4-1)13-22-12-11-21-15-19-18(20-21)23-14-17-9-5-2-6-10-17/h3-15,21H,16-20H2,1-2H3;1-10,15H,11-14H2. The molecule has 0 bridgehead atoms. The van der Waals surface area contributed by atoms with Gasteiger partial charge in [0.05, 0.1) is 53.7 Å². The molecule has 0 atom stereocenters. The van der Waals surface area contributed by atoms with Crippen LogP contribution < -0.4 is 9.47 Å². The number of rotatable bonds is 21. The fourth-order valence-electron chi connectivity index (χ4n) is 5.73. The molecule has 0 aliphatic rings. The summed E-state index contributed by atoms with van der Waals surface area (Å²) in [4.78, 5) is 8.44. The second-order valence-electron chi connectivity index (χ2n) is 13.4. The van der Waals surface area contributed by atoms with Crippen LogP contribution in [0.3, 0.4) is 0 Å². The average Bonchev–Trinajstić information content (AvgIpc) is 3.98. The van der Waals surface area contributed by atoms with Crippen LogP contribution in [0.2, 0.25) is 0 Å². The van der Waals surface area contributed by atoms with E-state index in [4.69, 9.17) is 18.9 Å². The lowest BCUT2D eigenvalue weighted by molar-refractivity contribution is 0.110. The summed E-state index contributed by atoms with van der Waals surface area (Å²) in [5.41, 5.74) is 5.15. The molecule has 7 rings (SSSR count). The van der Waals surface area contributed by atoms with Crippen LogP contribution in [0.4, 0.5) is 0 Å². The zero-order valence-electron chi connectivity index (χ0n) is 33.7. The second kappa shape index (κ2) is 23.1. The summed E-state index contributed by atoms with van der Waals surface area (Å²) < 4.78 is 53.7. The minimum atomic E-state index is -3.99. The number of aromatic nitrogens is 6. The molecule has 0 unspecified atom stereocenters. The molecule has 2 heterocycles. The molecule has 7 aromatic rings. The quantitative estimate of drug-likeness (QED) is 0.0520. The number of ether oxygens (including phenoxy) is 4. The summed E-state index contributed by atoms with van der Waals surface area (Å²) >= 11 is 1.65. The highest BCUT2D eigenvalue weighted by molar-refractivity contribution is 7.98. The van der Waals surface area contributed by atoms with Gasteiger partial charge in [-0.3, -0.25) is 0 Å². The molecule has 0 amide bonds. The predicted molar refractivity (Wildman–Crippen MR) is 231 cm³/mol. The van der Waals surface area contributed by atoms with Crippen molar-refractivity contribution in [1.29, 1.82) is 0 Å². The molecular weight excluding hydrogens is 799 g/mol. The average molecular weight is 848 g/mol. The Bertz CT molecular complexity index is 2330. The molecule has 0 radical (unpaired) electrons. The monoisotopic (exact) mass is 847 g/mol. The van der Waals surface area contributed by atoms with E-state index in [2.05, 4.69) is 44.4 Å². The van der Waals surface area contributed by atoms with E-state index in [0.717, 1.165) is 27.6 Å². The Morgan fingerprint density at radius 1 is 0.550 bits per heavy atom. The topological polar surface area (TPSA) is 136 Å². The molecule has 0 fully saturated rings. The molecule has 0 N–H and O–H groups in total. The van der Waals surface area contributed by atoms with E-state index in [1.165, 1.54) is 26.4 Å². The van der Waals surface area contributed by atoms with E-state index in [1.807, 2.05) is 95.7 Å². The summed E-state index contributed by atoms with van der Waals surface area (Å²) in [6.45, 7) is 3.49. The summed E-state index contributed by atoms with van der Waals surface area (Å²) in [6.07, 6.45) is 3.18. The number of methoxy groups -OCH3 is 2. The van der Waals surface area contributed by atoms with Crippen LogP contribution in [0.1, 0.15) is 27.8 Å². The third-order valence-corrected chi connectivity index (χ3v) is 11.5. The van der Waals surface area contributed by atoms with Crippen LogP contribution in [0.25, 0.3) is 0 Å². The van der Waals surface area contributed by atoms with Crippen LogP contribution >= 0.6 is 11.8 Å². The van der Waals surface area contributed by atoms with Crippen LogP contribution in [0, 0.1) is 0 Å². The first-order chi connectivity index (χ1) is 29.4. The van der Waals surface area contributed by atoms with Crippen molar-refractivity contribution in [1.82, 2.24) is 33.8 Å². The lowest BCUT2D eigenvalue weighted by Gasteiger charge is -2.21. The molecule has 312 valence electrons. The van der Waals surface area contributed by atoms with Gasteiger partial charge in [0.15, 0.2) is 0 Å². The van der Waals surface area contributed by atoms with Gasteiger partial charge in [-0.1, -0.05) is 127 Å². The van der Waals surface area contributed by atoms with Gasteiger partial charge in [0, 0.05) is 18.8 Å². The first-order valence-electron chi connectivity index (χ1n) is 19.3. The summed E-state index contributed by atoms with van der Waals surface area (Å²) in [5.74, 6) is 2.28. The zero-order chi connectivity index (χ0) is 41.8. The van der Waals surface area contributed by atoms with E-state index in [0.29, 0.717) is 51.0 Å². The minimum Gasteiger partial charge on any atom is -0.497 e. The molecular formula is C45H49N7O6S2. The van der Waals surface area contributed by atoms with Crippen molar-refractivity contribution in [3.05, 3.63) is 180 Å². The Morgan fingerprint density at radius 3 is 1.48 bits per heavy atom. The van der Waals surface area contributed by atoms with Crippen LogP contribution in [-0.4, -0.2) is 69.7 Å². The van der Waals surface area contributed by atoms with Gasteiger partial charge in [-0.2, -0.15) is 4.31 Å². The first-order valence-corrected chi connectivity index (χ1v) is 21.8. The molecule has 0 saturated carbocycles. The van der Waals surface area contributed by atoms with Gasteiger partial charge in [0.2, 0.25) is 5.16 Å². The number of hydrogen-bond acceptors (Lipinski definition) is 11. The summed E-state index contributed by atoms with van der Waals surface area (Å²) in [6, 6.07) is 44.9. The molecule has 15 heteroatoms. The normalized spacial score (nSPS) is 11.2. The van der Waals surface area contributed by atoms with Gasteiger partial charge in [-0.05, 0) is 52.1 Å². The third-order valence-electron chi connectivity index (χ3n) is 9.00. The molecule has 5 aromatic carbocycles. The molecule has 0 aliphatic carbocycles. The van der Waals surface area contributed by atoms with E-state index < -0.39 is 10.0 Å². The molecule has 0 saturated heterocycles. The Hall–Kier alpha value is -5.84. The predicted octanol–water partition coefficient (Wildman–Crippen LogP) is 7.69. The number of thioether (sulfide) groups is 1. The molecule has 2 aromatic heterocycles. The number of sulfonamides is 1. The second-order valence-corrected chi connectivity index (χ2v) is 16.2. The lowest BCUT2D eigenvalue weighted by Crippen LogP contribution is -2.31. The number of nitrogens with zero attached hydrogens (tertiary/aromatic N) is 7. The highest BCUT2D eigenvalue weighted by Crippen LogP contribution is 2.22. The SMILES string of the molecule is COc1ccc(CN(Cc2ccc(OC)cc2)S(=O)(=O)c2ncn(CCOCc3ccccc3)n2)cc1.c1ccc(COCCn2cnc(SCc3ccccc3)n2)cc1. The molecule has 60 heavy (non-hydrogen) atoms. The summed E-state index contributed by atoms with van der Waals surface area (Å²) in [7, 11) is -0.820. The fourth-order valence-corrected chi connectivity index (χ4v) is 7.76. The molecule has 0 spiro atoms. The van der Waals surface area contributed by atoms with Gasteiger partial charge < -0.3 is 18.9 Å². The highest BCUT2D eigenvalue weighted by Gasteiger charge is 2.29. The summed E-state index contributed by atoms with van der Waals surface area (Å²) in [5, 5.41) is 9.25. The number of benzene rings is 5. The Labute approximate surface area is 356 Å². The Balaban J connectivity index is 0.000000224. The lowest BCUT2D eigenvalue weighted by atomic mass is 10.2. The molecule has 13 nitrogen and oxygen atoms in total. The fraction of sp³-hybridized carbons (Fsp3) is 0.244. The van der Waals surface area contributed by atoms with Gasteiger partial charge in [0.25, 0.3) is 15.2 Å². The van der Waals surface area contributed by atoms with E-state index in [1.54, 1.807) is 56.6 Å². The minimum absolute atomic E-state index is 0.146. The van der Waals surface area contributed by atoms with Crippen molar-refractivity contribution in [2.75, 3.05) is 27.4 Å². The van der Waals surface area contributed by atoms with Gasteiger partial charge in [-0.15, -0.1) is 10.2 Å². The maximum Gasteiger partial charge on any atom is 0.282 e. The van der Waals surface area contributed by atoms with Crippen LogP contribution in [0.15, 0.2) is 162 Å². The van der Waals surface area contributed by atoms with Crippen molar-refractivity contribution in [3.8, 4) is 11.5 Å². The van der Waals surface area contributed by atoms with Gasteiger partial charge in [0.1, 0.15) is 24.2 Å². The largest absolute Gasteiger partial charge is 0.497 e. The molecule has 0 aliphatic heterocycles. The maximum absolute atomic E-state index is 13.6. The number of hydrogen-bond donors (Lipinski definition) is 0. The van der Waals surface area contributed by atoms with E-state index >= 15 is 0 Å². The van der Waals surface area contributed by atoms with Gasteiger partial charge in [-0.25, -0.2) is 27.7 Å². The van der Waals surface area contributed by atoms with Crippen molar-refractivity contribution in [2.24, 2.45) is 0 Å². The van der Waals surface area contributed by atoms with Gasteiger partial charge >= 0.3 is 0 Å². The highest BCUT2D eigenvalue weighted by atomic mass is 32.2. The maximum atomic E-state index is 13.6. The first kappa shape index (κ1) is 43.7. The smallest absolute Gasteiger partial charge is 0.282 e. The Kier molecular flexibility index (Phi) is 16.8. The zero-order valence-corrected chi connectivity index (χ0v) is 35.3.